The maximum absolute atomic E-state index is 12.7. The molecule has 0 saturated heterocycles. The third kappa shape index (κ3) is 4.83. The molecule has 0 aliphatic carbocycles. The molecular weight excluding hydrogens is 468 g/mol. The quantitative estimate of drug-likeness (QED) is 0.266. The van der Waals surface area contributed by atoms with Crippen molar-refractivity contribution >= 4 is 17.9 Å². The van der Waals surface area contributed by atoms with E-state index >= 15 is 0 Å². The number of furan rings is 1. The van der Waals surface area contributed by atoms with Crippen LogP contribution in [0.3, 0.4) is 0 Å². The second-order valence-electron chi connectivity index (χ2n) is 7.37. The molecule has 4 aromatic rings. The first-order valence-electron chi connectivity index (χ1n) is 10.7. The molecule has 0 aliphatic rings. The number of esters is 3. The van der Waals surface area contributed by atoms with Crippen molar-refractivity contribution in [3.63, 3.8) is 0 Å². The van der Waals surface area contributed by atoms with Gasteiger partial charge in [0.05, 0.1) is 27.0 Å². The zero-order valence-corrected chi connectivity index (χ0v) is 19.7. The van der Waals surface area contributed by atoms with Crippen LogP contribution < -0.4 is 4.74 Å². The number of carbonyl (C=O) groups excluding carboxylic acids is 3. The van der Waals surface area contributed by atoms with Crippen LogP contribution in [0.5, 0.6) is 5.75 Å². The van der Waals surface area contributed by atoms with E-state index in [0.717, 1.165) is 0 Å². The summed E-state index contributed by atoms with van der Waals surface area (Å²) in [4.78, 5) is 36.9. The van der Waals surface area contributed by atoms with Crippen LogP contribution in [0.25, 0.3) is 16.9 Å². The topological polar surface area (TPSA) is 119 Å². The molecule has 0 radical (unpaired) electrons. The molecule has 0 bridgehead atoms. The standard InChI is InChI=1S/C26H22N2O8/c1-32-24(29)20-14-13-19(36-20)15-35-18-11-9-16(10-12-18)22-21(25(30)33-2)23(26(31)34-3)28(27-22)17-7-5-4-6-8-17/h4-14H,15H2,1-3H3. The first kappa shape index (κ1) is 24.3. The summed E-state index contributed by atoms with van der Waals surface area (Å²) in [7, 11) is 3.72. The van der Waals surface area contributed by atoms with Gasteiger partial charge in [-0.25, -0.2) is 19.1 Å². The summed E-state index contributed by atoms with van der Waals surface area (Å²) < 4.78 is 27.0. The highest BCUT2D eigenvalue weighted by atomic mass is 16.5. The van der Waals surface area contributed by atoms with Crippen LogP contribution in [0.4, 0.5) is 0 Å². The third-order valence-electron chi connectivity index (χ3n) is 5.21. The summed E-state index contributed by atoms with van der Waals surface area (Å²) in [5.74, 6) is -1.01. The molecule has 2 aromatic heterocycles. The Morgan fingerprint density at radius 1 is 0.806 bits per heavy atom. The summed E-state index contributed by atoms with van der Waals surface area (Å²) in [5.41, 5.74) is 1.29. The molecule has 36 heavy (non-hydrogen) atoms. The zero-order valence-electron chi connectivity index (χ0n) is 19.7. The molecule has 4 rings (SSSR count). The largest absolute Gasteiger partial charge is 0.486 e. The van der Waals surface area contributed by atoms with Crippen molar-refractivity contribution in [2.45, 2.75) is 6.61 Å². The minimum absolute atomic E-state index is 0.0206. The fourth-order valence-electron chi connectivity index (χ4n) is 3.49. The number of aromatic nitrogens is 2. The van der Waals surface area contributed by atoms with Gasteiger partial charge >= 0.3 is 17.9 Å². The van der Waals surface area contributed by atoms with E-state index in [9.17, 15) is 14.4 Å². The number of hydrogen-bond acceptors (Lipinski definition) is 9. The summed E-state index contributed by atoms with van der Waals surface area (Å²) in [6.45, 7) is 0.0822. The molecule has 0 saturated carbocycles. The van der Waals surface area contributed by atoms with Crippen molar-refractivity contribution in [1.82, 2.24) is 9.78 Å². The van der Waals surface area contributed by atoms with Crippen LogP contribution in [0, 0.1) is 0 Å². The Hall–Kier alpha value is -4.86. The molecular formula is C26H22N2O8. The summed E-state index contributed by atoms with van der Waals surface area (Å²) in [5, 5.41) is 4.55. The van der Waals surface area contributed by atoms with Gasteiger partial charge in [0, 0.05) is 5.56 Å². The number of nitrogens with zero attached hydrogens (tertiary/aromatic N) is 2. The molecule has 0 aliphatic heterocycles. The van der Waals surface area contributed by atoms with E-state index in [-0.39, 0.29) is 29.3 Å². The smallest absolute Gasteiger partial charge is 0.373 e. The highest BCUT2D eigenvalue weighted by Crippen LogP contribution is 2.30. The molecule has 0 N–H and O–H groups in total. The van der Waals surface area contributed by atoms with Crippen molar-refractivity contribution in [3.8, 4) is 22.7 Å². The average molecular weight is 490 g/mol. The lowest BCUT2D eigenvalue weighted by Gasteiger charge is -2.07. The van der Waals surface area contributed by atoms with Gasteiger partial charge in [0.15, 0.2) is 5.69 Å². The van der Waals surface area contributed by atoms with E-state index < -0.39 is 17.9 Å². The van der Waals surface area contributed by atoms with Crippen molar-refractivity contribution in [2.75, 3.05) is 21.3 Å². The number of para-hydroxylation sites is 1. The Balaban J connectivity index is 1.66. The fourth-order valence-corrected chi connectivity index (χ4v) is 3.49. The monoisotopic (exact) mass is 490 g/mol. The maximum Gasteiger partial charge on any atom is 0.373 e. The molecule has 10 nitrogen and oxygen atoms in total. The Morgan fingerprint density at radius 3 is 2.11 bits per heavy atom. The first-order chi connectivity index (χ1) is 17.5. The molecule has 0 atom stereocenters. The van der Waals surface area contributed by atoms with Gasteiger partial charge in [-0.2, -0.15) is 5.10 Å². The number of hydrogen-bond donors (Lipinski definition) is 0. The maximum atomic E-state index is 12.7. The number of benzene rings is 2. The number of rotatable bonds is 8. The first-order valence-corrected chi connectivity index (χ1v) is 10.7. The average Bonchev–Trinajstić information content (AvgIpc) is 3.57. The van der Waals surface area contributed by atoms with E-state index in [4.69, 9.17) is 18.6 Å². The Labute approximate surface area is 205 Å². The lowest BCUT2D eigenvalue weighted by molar-refractivity contribution is 0.0549. The van der Waals surface area contributed by atoms with Crippen LogP contribution in [0.1, 0.15) is 37.2 Å². The Bertz CT molecular complexity index is 1390. The molecule has 2 aromatic carbocycles. The van der Waals surface area contributed by atoms with Gasteiger partial charge in [-0.15, -0.1) is 0 Å². The Morgan fingerprint density at radius 2 is 1.47 bits per heavy atom. The van der Waals surface area contributed by atoms with Gasteiger partial charge in [-0.1, -0.05) is 18.2 Å². The number of methoxy groups -OCH3 is 3. The second kappa shape index (κ2) is 10.6. The third-order valence-corrected chi connectivity index (χ3v) is 5.21. The van der Waals surface area contributed by atoms with Crippen LogP contribution in [-0.2, 0) is 20.8 Å². The second-order valence-corrected chi connectivity index (χ2v) is 7.37. The van der Waals surface area contributed by atoms with Crippen LogP contribution in [0.2, 0.25) is 0 Å². The van der Waals surface area contributed by atoms with Gasteiger partial charge in [-0.3, -0.25) is 0 Å². The lowest BCUT2D eigenvalue weighted by atomic mass is 10.1. The van der Waals surface area contributed by atoms with Crippen LogP contribution >= 0.6 is 0 Å². The summed E-state index contributed by atoms with van der Waals surface area (Å²) in [6.07, 6.45) is 0. The predicted molar refractivity (Wildman–Crippen MR) is 126 cm³/mol. The van der Waals surface area contributed by atoms with E-state index in [1.165, 1.54) is 32.1 Å². The molecule has 0 spiro atoms. The highest BCUT2D eigenvalue weighted by molar-refractivity contribution is 6.06. The summed E-state index contributed by atoms with van der Waals surface area (Å²) in [6, 6.07) is 18.8. The van der Waals surface area contributed by atoms with Crippen molar-refractivity contribution in [2.24, 2.45) is 0 Å². The van der Waals surface area contributed by atoms with Crippen molar-refractivity contribution < 1.29 is 37.7 Å². The van der Waals surface area contributed by atoms with Gasteiger partial charge in [0.1, 0.15) is 29.4 Å². The molecule has 0 amide bonds. The van der Waals surface area contributed by atoms with Gasteiger partial charge in [0.25, 0.3) is 0 Å². The SMILES string of the molecule is COC(=O)c1ccc(COc2ccc(-c3nn(-c4ccccc4)c(C(=O)OC)c3C(=O)OC)cc2)o1. The van der Waals surface area contributed by atoms with E-state index in [2.05, 4.69) is 9.84 Å². The van der Waals surface area contributed by atoms with Gasteiger partial charge < -0.3 is 23.4 Å². The fraction of sp³-hybridized carbons (Fsp3) is 0.154. The highest BCUT2D eigenvalue weighted by Gasteiger charge is 2.31. The van der Waals surface area contributed by atoms with Crippen LogP contribution in [0.15, 0.2) is 71.1 Å². The molecule has 10 heteroatoms. The molecule has 0 fully saturated rings. The van der Waals surface area contributed by atoms with E-state index in [0.29, 0.717) is 22.8 Å². The Kier molecular flexibility index (Phi) is 7.15. The normalized spacial score (nSPS) is 10.5. The molecule has 0 unspecified atom stereocenters. The predicted octanol–water partition coefficient (Wildman–Crippen LogP) is 4.07. The minimum atomic E-state index is -0.734. The minimum Gasteiger partial charge on any atom is -0.486 e. The number of carbonyl (C=O) groups is 3. The van der Waals surface area contributed by atoms with Crippen LogP contribution in [-0.4, -0.2) is 49.0 Å². The van der Waals surface area contributed by atoms with Gasteiger partial charge in [-0.05, 0) is 48.5 Å². The zero-order chi connectivity index (χ0) is 25.7. The lowest BCUT2D eigenvalue weighted by Crippen LogP contribution is -2.15. The van der Waals surface area contributed by atoms with Gasteiger partial charge in [0.2, 0.25) is 5.76 Å². The van der Waals surface area contributed by atoms with E-state index in [1.807, 2.05) is 6.07 Å². The van der Waals surface area contributed by atoms with Crippen molar-refractivity contribution in [3.05, 3.63) is 89.5 Å². The molecule has 184 valence electrons. The molecule has 2 heterocycles. The number of ether oxygens (including phenoxy) is 4. The van der Waals surface area contributed by atoms with E-state index in [1.54, 1.807) is 54.6 Å². The van der Waals surface area contributed by atoms with Crippen molar-refractivity contribution in [1.29, 1.82) is 0 Å². The summed E-state index contributed by atoms with van der Waals surface area (Å²) >= 11 is 0.